The highest BCUT2D eigenvalue weighted by atomic mass is 35.5. The first-order chi connectivity index (χ1) is 10.2. The second-order valence-electron chi connectivity index (χ2n) is 4.85. The van der Waals surface area contributed by atoms with E-state index in [9.17, 15) is 0 Å². The van der Waals surface area contributed by atoms with E-state index in [1.807, 2.05) is 43.6 Å². The predicted octanol–water partition coefficient (Wildman–Crippen LogP) is 4.85. The largest absolute Gasteiger partial charge is 0.309 e. The highest BCUT2D eigenvalue weighted by Gasteiger charge is 2.16. The Bertz CT molecular complexity index is 787. The zero-order valence-electron chi connectivity index (χ0n) is 11.5. The van der Waals surface area contributed by atoms with Gasteiger partial charge in [-0.05, 0) is 48.5 Å². The summed E-state index contributed by atoms with van der Waals surface area (Å²) in [6, 6.07) is 15.6. The van der Waals surface area contributed by atoms with Gasteiger partial charge in [0.25, 0.3) is 0 Å². The van der Waals surface area contributed by atoms with Gasteiger partial charge in [-0.3, -0.25) is 4.98 Å². The van der Waals surface area contributed by atoms with Gasteiger partial charge in [-0.1, -0.05) is 41.4 Å². The molecule has 0 radical (unpaired) electrons. The van der Waals surface area contributed by atoms with E-state index in [0.717, 1.165) is 22.0 Å². The number of aromatic nitrogens is 1. The van der Waals surface area contributed by atoms with Crippen LogP contribution in [0, 0.1) is 0 Å². The highest BCUT2D eigenvalue weighted by molar-refractivity contribution is 6.33. The van der Waals surface area contributed by atoms with Crippen LogP contribution >= 0.6 is 23.2 Å². The number of halogens is 2. The Morgan fingerprint density at radius 3 is 2.67 bits per heavy atom. The van der Waals surface area contributed by atoms with Gasteiger partial charge in [-0.25, -0.2) is 0 Å². The molecular weight excluding hydrogens is 303 g/mol. The average molecular weight is 317 g/mol. The van der Waals surface area contributed by atoms with E-state index in [2.05, 4.69) is 22.4 Å². The maximum absolute atomic E-state index is 6.32. The second kappa shape index (κ2) is 6.02. The lowest BCUT2D eigenvalue weighted by Crippen LogP contribution is -2.18. The van der Waals surface area contributed by atoms with Crippen LogP contribution in [-0.4, -0.2) is 12.0 Å². The van der Waals surface area contributed by atoms with E-state index in [4.69, 9.17) is 23.2 Å². The summed E-state index contributed by atoms with van der Waals surface area (Å²) in [6.07, 6.45) is 1.88. The lowest BCUT2D eigenvalue weighted by atomic mass is 9.99. The molecule has 3 rings (SSSR count). The number of nitrogens with zero attached hydrogens (tertiary/aromatic N) is 1. The number of benzene rings is 2. The van der Waals surface area contributed by atoms with E-state index < -0.39 is 0 Å². The Morgan fingerprint density at radius 1 is 1.05 bits per heavy atom. The molecule has 0 saturated carbocycles. The second-order valence-corrected chi connectivity index (χ2v) is 5.69. The third-order valence-electron chi connectivity index (χ3n) is 3.50. The summed E-state index contributed by atoms with van der Waals surface area (Å²) in [5.41, 5.74) is 2.98. The van der Waals surface area contributed by atoms with Crippen LogP contribution in [0.25, 0.3) is 10.9 Å². The van der Waals surface area contributed by atoms with Crippen LogP contribution in [0.3, 0.4) is 0 Å². The topological polar surface area (TPSA) is 24.9 Å². The molecule has 1 unspecified atom stereocenters. The Kier molecular flexibility index (Phi) is 4.11. The first-order valence-electron chi connectivity index (χ1n) is 6.66. The van der Waals surface area contributed by atoms with E-state index in [1.165, 1.54) is 0 Å². The summed E-state index contributed by atoms with van der Waals surface area (Å²) >= 11 is 12.4. The number of hydrogen-bond donors (Lipinski definition) is 1. The van der Waals surface area contributed by atoms with Crippen molar-refractivity contribution in [2.45, 2.75) is 6.04 Å². The number of nitrogens with one attached hydrogen (secondary N) is 1. The number of pyridine rings is 1. The number of hydrogen-bond acceptors (Lipinski definition) is 2. The van der Waals surface area contributed by atoms with Gasteiger partial charge in [0.15, 0.2) is 0 Å². The van der Waals surface area contributed by atoms with Gasteiger partial charge in [-0.2, -0.15) is 0 Å². The zero-order chi connectivity index (χ0) is 14.8. The molecule has 0 saturated heterocycles. The average Bonchev–Trinajstić information content (AvgIpc) is 2.51. The quantitative estimate of drug-likeness (QED) is 0.747. The van der Waals surface area contributed by atoms with Gasteiger partial charge < -0.3 is 5.32 Å². The molecule has 1 N–H and O–H groups in total. The van der Waals surface area contributed by atoms with E-state index in [1.54, 1.807) is 6.07 Å². The first-order valence-corrected chi connectivity index (χ1v) is 7.41. The maximum Gasteiger partial charge on any atom is 0.0702 e. The van der Waals surface area contributed by atoms with Crippen LogP contribution in [0.15, 0.2) is 54.7 Å². The summed E-state index contributed by atoms with van der Waals surface area (Å²) in [5.74, 6) is 0. The smallest absolute Gasteiger partial charge is 0.0702 e. The fraction of sp³-hybridized carbons (Fsp3) is 0.118. The highest BCUT2D eigenvalue weighted by Crippen LogP contribution is 2.31. The van der Waals surface area contributed by atoms with Crippen LogP contribution in [-0.2, 0) is 0 Å². The minimum absolute atomic E-state index is 0.0479. The van der Waals surface area contributed by atoms with Crippen molar-refractivity contribution in [2.24, 2.45) is 0 Å². The summed E-state index contributed by atoms with van der Waals surface area (Å²) < 4.78 is 0. The first kappa shape index (κ1) is 14.3. The molecule has 1 aromatic heterocycles. The standard InChI is InChI=1S/C17H14Cl2N2/c1-20-17(14-9-13(18)6-7-15(14)19)12-8-11-4-2-3-5-16(11)21-10-12/h2-10,17,20H,1H3. The summed E-state index contributed by atoms with van der Waals surface area (Å²) in [5, 5.41) is 5.75. The van der Waals surface area contributed by atoms with Gasteiger partial charge in [0.2, 0.25) is 0 Å². The molecule has 1 heterocycles. The molecule has 0 aliphatic rings. The van der Waals surface area contributed by atoms with E-state index >= 15 is 0 Å². The minimum Gasteiger partial charge on any atom is -0.309 e. The predicted molar refractivity (Wildman–Crippen MR) is 89.1 cm³/mol. The number of rotatable bonds is 3. The van der Waals surface area contributed by atoms with Crippen molar-refractivity contribution < 1.29 is 0 Å². The lowest BCUT2D eigenvalue weighted by molar-refractivity contribution is 0.690. The van der Waals surface area contributed by atoms with Gasteiger partial charge >= 0.3 is 0 Å². The molecule has 0 amide bonds. The fourth-order valence-corrected chi connectivity index (χ4v) is 2.89. The van der Waals surface area contributed by atoms with Gasteiger partial charge in [0, 0.05) is 21.6 Å². The van der Waals surface area contributed by atoms with Crippen LogP contribution < -0.4 is 5.32 Å². The molecule has 21 heavy (non-hydrogen) atoms. The molecule has 0 aliphatic carbocycles. The third-order valence-corrected chi connectivity index (χ3v) is 4.08. The molecule has 0 spiro atoms. The maximum atomic E-state index is 6.32. The molecule has 3 aromatic rings. The van der Waals surface area contributed by atoms with Gasteiger partial charge in [-0.15, -0.1) is 0 Å². The zero-order valence-corrected chi connectivity index (χ0v) is 13.0. The van der Waals surface area contributed by atoms with E-state index in [-0.39, 0.29) is 6.04 Å². The van der Waals surface area contributed by atoms with Crippen molar-refractivity contribution in [3.63, 3.8) is 0 Å². The van der Waals surface area contributed by atoms with Crippen LogP contribution in [0.1, 0.15) is 17.2 Å². The molecule has 0 fully saturated rings. The lowest BCUT2D eigenvalue weighted by Gasteiger charge is -2.19. The van der Waals surface area contributed by atoms with Gasteiger partial charge in [0.05, 0.1) is 11.6 Å². The van der Waals surface area contributed by atoms with Crippen LogP contribution in [0.5, 0.6) is 0 Å². The fourth-order valence-electron chi connectivity index (χ4n) is 2.48. The number of para-hydroxylation sites is 1. The molecule has 2 aromatic carbocycles. The molecular formula is C17H14Cl2N2. The molecule has 0 aliphatic heterocycles. The van der Waals surface area contributed by atoms with Gasteiger partial charge in [0.1, 0.15) is 0 Å². The van der Waals surface area contributed by atoms with Crippen molar-refractivity contribution in [3.8, 4) is 0 Å². The SMILES string of the molecule is CNC(c1cnc2ccccc2c1)c1cc(Cl)ccc1Cl. The minimum atomic E-state index is -0.0479. The molecule has 2 nitrogen and oxygen atoms in total. The monoisotopic (exact) mass is 316 g/mol. The Hall–Kier alpha value is -1.61. The van der Waals surface area contributed by atoms with Crippen molar-refractivity contribution in [1.82, 2.24) is 10.3 Å². The van der Waals surface area contributed by atoms with Crippen molar-refractivity contribution in [1.29, 1.82) is 0 Å². The van der Waals surface area contributed by atoms with E-state index in [0.29, 0.717) is 10.0 Å². The molecule has 4 heteroatoms. The molecule has 0 bridgehead atoms. The summed E-state index contributed by atoms with van der Waals surface area (Å²) in [6.45, 7) is 0. The normalized spacial score (nSPS) is 12.5. The van der Waals surface area contributed by atoms with Crippen LogP contribution in [0.4, 0.5) is 0 Å². The Balaban J connectivity index is 2.11. The van der Waals surface area contributed by atoms with Crippen molar-refractivity contribution in [2.75, 3.05) is 7.05 Å². The Labute approximate surface area is 133 Å². The Morgan fingerprint density at radius 2 is 1.86 bits per heavy atom. The van der Waals surface area contributed by atoms with Crippen molar-refractivity contribution >= 4 is 34.1 Å². The van der Waals surface area contributed by atoms with Crippen molar-refractivity contribution in [3.05, 3.63) is 75.9 Å². The van der Waals surface area contributed by atoms with Crippen LogP contribution in [0.2, 0.25) is 10.0 Å². The summed E-state index contributed by atoms with van der Waals surface area (Å²) in [4.78, 5) is 4.51. The molecule has 1 atom stereocenters. The third kappa shape index (κ3) is 2.88. The summed E-state index contributed by atoms with van der Waals surface area (Å²) in [7, 11) is 1.90. The molecule has 106 valence electrons. The number of fused-ring (bicyclic) bond motifs is 1.